The van der Waals surface area contributed by atoms with Crippen LogP contribution < -0.4 is 10.6 Å². The van der Waals surface area contributed by atoms with E-state index in [1.807, 2.05) is 4.90 Å². The fraction of sp³-hybridized carbons (Fsp3) is 0.385. The number of hydrogen-bond acceptors (Lipinski definition) is 4. The van der Waals surface area contributed by atoms with Crippen LogP contribution in [0.3, 0.4) is 0 Å². The van der Waals surface area contributed by atoms with Crippen molar-refractivity contribution in [3.8, 4) is 11.4 Å². The zero-order chi connectivity index (χ0) is 14.3. The van der Waals surface area contributed by atoms with E-state index in [2.05, 4.69) is 15.2 Å². The van der Waals surface area contributed by atoms with Gasteiger partial charge in [0.15, 0.2) is 5.82 Å². The Labute approximate surface area is 114 Å². The molecule has 1 unspecified atom stereocenters. The summed E-state index contributed by atoms with van der Waals surface area (Å²) in [6.45, 7) is 2.97. The van der Waals surface area contributed by atoms with Gasteiger partial charge >= 0.3 is 0 Å². The molecule has 1 aromatic heterocycles. The number of nitrogens with one attached hydrogen (secondary N) is 1. The molecule has 1 saturated heterocycles. The number of aryl methyl sites for hydroxylation is 1. The molecule has 0 radical (unpaired) electrons. The minimum atomic E-state index is -0.658. The summed E-state index contributed by atoms with van der Waals surface area (Å²) >= 11 is 0. The van der Waals surface area contributed by atoms with Crippen LogP contribution in [-0.2, 0) is 0 Å². The molecule has 5 nitrogen and oxygen atoms in total. The summed E-state index contributed by atoms with van der Waals surface area (Å²) in [6, 6.07) is 2.71. The third-order valence-corrected chi connectivity index (χ3v) is 3.50. The highest BCUT2D eigenvalue weighted by Crippen LogP contribution is 2.27. The number of aromatic nitrogens is 3. The number of halogens is 2. The summed E-state index contributed by atoms with van der Waals surface area (Å²) in [4.78, 5) is 6.08. The first-order valence-electron chi connectivity index (χ1n) is 6.44. The standard InChI is InChI=1S/C13H15F2N5/c1-7-2-3-9(14)10(11(7)15)12-17-13(19-18-12)20-5-4-8(16)6-20/h2-3,8H,4-6,16H2,1H3,(H,17,18,19). The SMILES string of the molecule is Cc1ccc(F)c(-c2nc(N3CCC(N)C3)n[nH]2)c1F. The molecule has 1 aliphatic rings. The van der Waals surface area contributed by atoms with Gasteiger partial charge in [-0.15, -0.1) is 5.10 Å². The molecule has 7 heteroatoms. The Morgan fingerprint density at radius 3 is 2.90 bits per heavy atom. The summed E-state index contributed by atoms with van der Waals surface area (Å²) < 4.78 is 27.8. The van der Waals surface area contributed by atoms with Crippen molar-refractivity contribution in [2.24, 2.45) is 5.73 Å². The molecule has 2 heterocycles. The van der Waals surface area contributed by atoms with Gasteiger partial charge in [-0.25, -0.2) is 8.78 Å². The third kappa shape index (κ3) is 2.14. The first-order valence-corrected chi connectivity index (χ1v) is 6.44. The molecule has 3 rings (SSSR count). The van der Waals surface area contributed by atoms with Gasteiger partial charge < -0.3 is 10.6 Å². The molecule has 0 amide bonds. The highest BCUT2D eigenvalue weighted by atomic mass is 19.1. The van der Waals surface area contributed by atoms with E-state index in [0.29, 0.717) is 18.1 Å². The van der Waals surface area contributed by atoms with E-state index in [0.717, 1.165) is 13.0 Å². The number of nitrogens with zero attached hydrogens (tertiary/aromatic N) is 3. The zero-order valence-electron chi connectivity index (χ0n) is 11.0. The van der Waals surface area contributed by atoms with Crippen LogP contribution in [0, 0.1) is 18.6 Å². The van der Waals surface area contributed by atoms with Crippen LogP contribution in [0.5, 0.6) is 0 Å². The monoisotopic (exact) mass is 279 g/mol. The van der Waals surface area contributed by atoms with Crippen molar-refractivity contribution in [2.75, 3.05) is 18.0 Å². The number of nitrogens with two attached hydrogens (primary N) is 1. The van der Waals surface area contributed by atoms with E-state index < -0.39 is 11.6 Å². The lowest BCUT2D eigenvalue weighted by atomic mass is 10.1. The summed E-state index contributed by atoms with van der Waals surface area (Å²) in [6.07, 6.45) is 0.858. The molecule has 0 bridgehead atoms. The summed E-state index contributed by atoms with van der Waals surface area (Å²) in [5.41, 5.74) is 6.01. The van der Waals surface area contributed by atoms with Gasteiger partial charge in [0.1, 0.15) is 11.6 Å². The van der Waals surface area contributed by atoms with E-state index in [4.69, 9.17) is 5.73 Å². The summed E-state index contributed by atoms with van der Waals surface area (Å²) in [5.74, 6) is -0.757. The van der Waals surface area contributed by atoms with Crippen molar-refractivity contribution >= 4 is 5.95 Å². The lowest BCUT2D eigenvalue weighted by Gasteiger charge is -2.11. The Kier molecular flexibility index (Phi) is 3.13. The Hall–Kier alpha value is -2.02. The maximum atomic E-state index is 14.0. The number of aromatic amines is 1. The fourth-order valence-electron chi connectivity index (χ4n) is 2.35. The van der Waals surface area contributed by atoms with E-state index in [1.165, 1.54) is 12.1 Å². The first kappa shape index (κ1) is 13.0. The number of H-pyrrole nitrogens is 1. The molecule has 0 aliphatic carbocycles. The number of anilines is 1. The van der Waals surface area contributed by atoms with Gasteiger partial charge in [-0.05, 0) is 25.0 Å². The predicted octanol–water partition coefficient (Wildman–Crippen LogP) is 1.60. The maximum Gasteiger partial charge on any atom is 0.245 e. The van der Waals surface area contributed by atoms with Crippen LogP contribution >= 0.6 is 0 Å². The second-order valence-corrected chi connectivity index (χ2v) is 5.03. The molecular formula is C13H15F2N5. The number of benzene rings is 1. The minimum absolute atomic E-state index is 0.0874. The highest BCUT2D eigenvalue weighted by Gasteiger charge is 2.24. The van der Waals surface area contributed by atoms with Gasteiger partial charge in [-0.3, -0.25) is 5.10 Å². The van der Waals surface area contributed by atoms with Gasteiger partial charge in [-0.1, -0.05) is 6.07 Å². The third-order valence-electron chi connectivity index (χ3n) is 3.50. The quantitative estimate of drug-likeness (QED) is 0.876. The Morgan fingerprint density at radius 2 is 2.20 bits per heavy atom. The van der Waals surface area contributed by atoms with E-state index in [-0.39, 0.29) is 17.4 Å². The molecule has 0 spiro atoms. The molecule has 1 aromatic carbocycles. The largest absolute Gasteiger partial charge is 0.338 e. The molecule has 1 atom stereocenters. The van der Waals surface area contributed by atoms with Crippen LogP contribution in [0.2, 0.25) is 0 Å². The summed E-state index contributed by atoms with van der Waals surface area (Å²) in [7, 11) is 0. The molecule has 2 aromatic rings. The van der Waals surface area contributed by atoms with Crippen LogP contribution in [0.1, 0.15) is 12.0 Å². The summed E-state index contributed by atoms with van der Waals surface area (Å²) in [5, 5.41) is 6.62. The zero-order valence-corrected chi connectivity index (χ0v) is 11.0. The van der Waals surface area contributed by atoms with Crippen molar-refractivity contribution in [1.29, 1.82) is 0 Å². The average Bonchev–Trinajstić information content (AvgIpc) is 3.03. The van der Waals surface area contributed by atoms with Crippen molar-refractivity contribution < 1.29 is 8.78 Å². The first-order chi connectivity index (χ1) is 9.56. The Balaban J connectivity index is 1.96. The van der Waals surface area contributed by atoms with Gasteiger partial charge in [0.25, 0.3) is 0 Å². The van der Waals surface area contributed by atoms with E-state index in [1.54, 1.807) is 6.92 Å². The van der Waals surface area contributed by atoms with Crippen LogP contribution in [0.25, 0.3) is 11.4 Å². The molecule has 0 saturated carbocycles. The second kappa shape index (κ2) is 4.82. The van der Waals surface area contributed by atoms with Gasteiger partial charge in [-0.2, -0.15) is 4.98 Å². The van der Waals surface area contributed by atoms with Crippen LogP contribution in [0.15, 0.2) is 12.1 Å². The average molecular weight is 279 g/mol. The topological polar surface area (TPSA) is 70.8 Å². The number of hydrogen-bond donors (Lipinski definition) is 2. The van der Waals surface area contributed by atoms with Gasteiger partial charge in [0.2, 0.25) is 5.95 Å². The van der Waals surface area contributed by atoms with Gasteiger partial charge in [0.05, 0.1) is 5.56 Å². The molecule has 1 fully saturated rings. The smallest absolute Gasteiger partial charge is 0.245 e. The van der Waals surface area contributed by atoms with Gasteiger partial charge in [0, 0.05) is 19.1 Å². The van der Waals surface area contributed by atoms with Crippen molar-refractivity contribution in [1.82, 2.24) is 15.2 Å². The van der Waals surface area contributed by atoms with Crippen LogP contribution in [-0.4, -0.2) is 34.3 Å². The fourth-order valence-corrected chi connectivity index (χ4v) is 2.35. The lowest BCUT2D eigenvalue weighted by molar-refractivity contribution is 0.582. The second-order valence-electron chi connectivity index (χ2n) is 5.03. The van der Waals surface area contributed by atoms with Crippen molar-refractivity contribution in [3.63, 3.8) is 0 Å². The van der Waals surface area contributed by atoms with E-state index >= 15 is 0 Å². The minimum Gasteiger partial charge on any atom is -0.338 e. The Bertz CT molecular complexity index is 640. The van der Waals surface area contributed by atoms with E-state index in [9.17, 15) is 8.78 Å². The Morgan fingerprint density at radius 1 is 1.40 bits per heavy atom. The van der Waals surface area contributed by atoms with Crippen molar-refractivity contribution in [3.05, 3.63) is 29.3 Å². The molecule has 106 valence electrons. The van der Waals surface area contributed by atoms with Crippen LogP contribution in [0.4, 0.5) is 14.7 Å². The maximum absolute atomic E-state index is 14.0. The number of rotatable bonds is 2. The lowest BCUT2D eigenvalue weighted by Crippen LogP contribution is -2.26. The van der Waals surface area contributed by atoms with Crippen molar-refractivity contribution in [2.45, 2.75) is 19.4 Å². The molecule has 1 aliphatic heterocycles. The normalized spacial score (nSPS) is 18.8. The molecular weight excluding hydrogens is 264 g/mol. The predicted molar refractivity (Wildman–Crippen MR) is 71.3 cm³/mol. The molecule has 3 N–H and O–H groups in total. The highest BCUT2D eigenvalue weighted by molar-refractivity contribution is 5.59. The molecule has 20 heavy (non-hydrogen) atoms.